The molecule has 20 heavy (non-hydrogen) atoms. The first-order valence-corrected chi connectivity index (χ1v) is 7.77. The van der Waals surface area contributed by atoms with E-state index in [2.05, 4.69) is 29.1 Å². The van der Waals surface area contributed by atoms with Crippen molar-refractivity contribution in [3.05, 3.63) is 0 Å². The summed E-state index contributed by atoms with van der Waals surface area (Å²) in [4.78, 5) is 17.0. The molecule has 0 saturated carbocycles. The molecule has 118 valence electrons. The third-order valence-corrected chi connectivity index (χ3v) is 4.16. The Morgan fingerprint density at radius 2 is 2.10 bits per heavy atom. The topological polar surface area (TPSA) is 44.8 Å². The summed E-state index contributed by atoms with van der Waals surface area (Å²) in [6.07, 6.45) is 0.785. The molecule has 2 unspecified atom stereocenters. The van der Waals surface area contributed by atoms with E-state index in [-0.39, 0.29) is 5.97 Å². The number of likely N-dealkylation sites (N-methyl/N-ethyl adjacent to an activating group) is 2. The minimum atomic E-state index is -0.576. The quantitative estimate of drug-likeness (QED) is 0.706. The molecule has 1 rings (SSSR count). The lowest BCUT2D eigenvalue weighted by atomic mass is 9.96. The average molecular weight is 285 g/mol. The van der Waals surface area contributed by atoms with Gasteiger partial charge in [0.1, 0.15) is 5.54 Å². The molecule has 0 aromatic rings. The number of hydrogen-bond acceptors (Lipinski definition) is 5. The second-order valence-corrected chi connectivity index (χ2v) is 5.98. The smallest absolute Gasteiger partial charge is 0.326 e. The molecule has 0 radical (unpaired) electrons. The fourth-order valence-corrected chi connectivity index (χ4v) is 2.82. The van der Waals surface area contributed by atoms with Crippen LogP contribution in [0.4, 0.5) is 0 Å². The van der Waals surface area contributed by atoms with Gasteiger partial charge in [0, 0.05) is 32.2 Å². The second kappa shape index (κ2) is 7.96. The molecule has 1 saturated heterocycles. The number of rotatable bonds is 7. The zero-order chi connectivity index (χ0) is 15.2. The predicted octanol–water partition coefficient (Wildman–Crippen LogP) is 0.944. The maximum atomic E-state index is 12.1. The standard InChI is InChI=1S/C15H31N3O2/c1-6-16-15(4,14(19)20-7-2)8-9-18-11-10-17(5)12-13(18)3/h13,16H,6-12H2,1-5H3. The van der Waals surface area contributed by atoms with E-state index in [1.165, 1.54) is 0 Å². The zero-order valence-electron chi connectivity index (χ0n) is 13.7. The average Bonchev–Trinajstić information content (AvgIpc) is 2.38. The van der Waals surface area contributed by atoms with Crippen LogP contribution in [-0.4, -0.2) is 73.7 Å². The number of carbonyl (C=O) groups is 1. The van der Waals surface area contributed by atoms with Gasteiger partial charge in [0.15, 0.2) is 0 Å². The fraction of sp³-hybridized carbons (Fsp3) is 0.933. The van der Waals surface area contributed by atoms with Crippen LogP contribution >= 0.6 is 0 Å². The molecule has 1 aliphatic rings. The molecule has 5 nitrogen and oxygen atoms in total. The van der Waals surface area contributed by atoms with Gasteiger partial charge in [0.05, 0.1) is 6.61 Å². The number of carbonyl (C=O) groups excluding carboxylic acids is 1. The number of nitrogens with zero attached hydrogens (tertiary/aromatic N) is 2. The first-order valence-electron chi connectivity index (χ1n) is 7.77. The maximum Gasteiger partial charge on any atom is 0.326 e. The Bertz CT molecular complexity index is 311. The van der Waals surface area contributed by atoms with E-state index in [9.17, 15) is 4.79 Å². The molecule has 0 spiro atoms. The normalized spacial score (nSPS) is 24.4. The van der Waals surface area contributed by atoms with Crippen LogP contribution < -0.4 is 5.32 Å². The number of nitrogens with one attached hydrogen (secondary N) is 1. The van der Waals surface area contributed by atoms with E-state index in [1.807, 2.05) is 20.8 Å². The summed E-state index contributed by atoms with van der Waals surface area (Å²) in [5, 5.41) is 3.30. The number of esters is 1. The van der Waals surface area contributed by atoms with Gasteiger partial charge < -0.3 is 15.0 Å². The van der Waals surface area contributed by atoms with Gasteiger partial charge in [-0.1, -0.05) is 6.92 Å². The molecule has 0 aromatic carbocycles. The van der Waals surface area contributed by atoms with Crippen LogP contribution in [0.3, 0.4) is 0 Å². The van der Waals surface area contributed by atoms with E-state index in [1.54, 1.807) is 0 Å². The van der Waals surface area contributed by atoms with Gasteiger partial charge in [0.25, 0.3) is 0 Å². The van der Waals surface area contributed by atoms with E-state index in [4.69, 9.17) is 4.74 Å². The minimum absolute atomic E-state index is 0.136. The van der Waals surface area contributed by atoms with Gasteiger partial charge in [-0.25, -0.2) is 0 Å². The van der Waals surface area contributed by atoms with Crippen LogP contribution in [0.2, 0.25) is 0 Å². The predicted molar refractivity (Wildman–Crippen MR) is 81.9 cm³/mol. The highest BCUT2D eigenvalue weighted by molar-refractivity contribution is 5.80. The van der Waals surface area contributed by atoms with Crippen molar-refractivity contribution in [1.82, 2.24) is 15.1 Å². The van der Waals surface area contributed by atoms with Gasteiger partial charge in [-0.2, -0.15) is 0 Å². The molecule has 0 aromatic heterocycles. The van der Waals surface area contributed by atoms with Crippen molar-refractivity contribution in [3.63, 3.8) is 0 Å². The van der Waals surface area contributed by atoms with Crippen LogP contribution in [0, 0.1) is 0 Å². The number of hydrogen-bond donors (Lipinski definition) is 1. The Labute approximate surface area is 123 Å². The summed E-state index contributed by atoms with van der Waals surface area (Å²) < 4.78 is 5.22. The molecular weight excluding hydrogens is 254 g/mol. The van der Waals surface area contributed by atoms with Crippen molar-refractivity contribution >= 4 is 5.97 Å². The Kier molecular flexibility index (Phi) is 6.92. The van der Waals surface area contributed by atoms with Crippen molar-refractivity contribution in [2.24, 2.45) is 0 Å². The van der Waals surface area contributed by atoms with Crippen LogP contribution in [0.15, 0.2) is 0 Å². The summed E-state index contributed by atoms with van der Waals surface area (Å²) in [5.41, 5.74) is -0.576. The highest BCUT2D eigenvalue weighted by Gasteiger charge is 2.34. The van der Waals surface area contributed by atoms with E-state index < -0.39 is 5.54 Å². The summed E-state index contributed by atoms with van der Waals surface area (Å²) in [7, 11) is 2.16. The lowest BCUT2D eigenvalue weighted by Gasteiger charge is -2.40. The van der Waals surface area contributed by atoms with Crippen molar-refractivity contribution in [2.75, 3.05) is 46.4 Å². The van der Waals surface area contributed by atoms with Crippen molar-refractivity contribution in [3.8, 4) is 0 Å². The third kappa shape index (κ3) is 4.72. The van der Waals surface area contributed by atoms with Crippen LogP contribution in [0.1, 0.15) is 34.1 Å². The van der Waals surface area contributed by atoms with Gasteiger partial charge in [-0.05, 0) is 40.8 Å². The first kappa shape index (κ1) is 17.4. The molecule has 1 fully saturated rings. The summed E-state index contributed by atoms with van der Waals surface area (Å²) in [6, 6.07) is 0.543. The highest BCUT2D eigenvalue weighted by atomic mass is 16.5. The summed E-state index contributed by atoms with van der Waals surface area (Å²) >= 11 is 0. The van der Waals surface area contributed by atoms with Crippen LogP contribution in [-0.2, 0) is 9.53 Å². The SMILES string of the molecule is CCNC(C)(CCN1CCN(C)CC1C)C(=O)OCC. The molecule has 2 atom stereocenters. The van der Waals surface area contributed by atoms with Gasteiger partial charge in [-0.15, -0.1) is 0 Å². The fourth-order valence-electron chi connectivity index (χ4n) is 2.82. The second-order valence-electron chi connectivity index (χ2n) is 5.98. The lowest BCUT2D eigenvalue weighted by molar-refractivity contribution is -0.151. The molecule has 1 N–H and O–H groups in total. The van der Waals surface area contributed by atoms with Crippen LogP contribution in [0.25, 0.3) is 0 Å². The number of ether oxygens (including phenoxy) is 1. The Balaban J connectivity index is 2.56. The molecule has 1 aliphatic heterocycles. The lowest BCUT2D eigenvalue weighted by Crippen LogP contribution is -2.55. The van der Waals surface area contributed by atoms with Crippen LogP contribution in [0.5, 0.6) is 0 Å². The first-order chi connectivity index (χ1) is 9.42. The molecular formula is C15H31N3O2. The van der Waals surface area contributed by atoms with E-state index in [0.717, 1.165) is 39.1 Å². The van der Waals surface area contributed by atoms with Gasteiger partial charge >= 0.3 is 5.97 Å². The van der Waals surface area contributed by atoms with Crippen molar-refractivity contribution in [2.45, 2.75) is 45.7 Å². The van der Waals surface area contributed by atoms with Gasteiger partial charge in [-0.3, -0.25) is 9.69 Å². The van der Waals surface area contributed by atoms with Crippen molar-refractivity contribution in [1.29, 1.82) is 0 Å². The molecule has 0 amide bonds. The zero-order valence-corrected chi connectivity index (χ0v) is 13.7. The largest absolute Gasteiger partial charge is 0.465 e. The molecule has 0 bridgehead atoms. The number of piperazine rings is 1. The third-order valence-electron chi connectivity index (χ3n) is 4.16. The highest BCUT2D eigenvalue weighted by Crippen LogP contribution is 2.16. The monoisotopic (exact) mass is 285 g/mol. The molecule has 1 heterocycles. The molecule has 5 heteroatoms. The molecule has 0 aliphatic carbocycles. The Hall–Kier alpha value is -0.650. The summed E-state index contributed by atoms with van der Waals surface area (Å²) in [5.74, 6) is -0.136. The van der Waals surface area contributed by atoms with E-state index >= 15 is 0 Å². The summed E-state index contributed by atoms with van der Waals surface area (Å²) in [6.45, 7) is 13.5. The maximum absolute atomic E-state index is 12.1. The van der Waals surface area contributed by atoms with Gasteiger partial charge in [0.2, 0.25) is 0 Å². The van der Waals surface area contributed by atoms with E-state index in [0.29, 0.717) is 12.6 Å². The minimum Gasteiger partial charge on any atom is -0.465 e. The van der Waals surface area contributed by atoms with Crippen molar-refractivity contribution < 1.29 is 9.53 Å². The Morgan fingerprint density at radius 1 is 1.40 bits per heavy atom. The Morgan fingerprint density at radius 3 is 2.65 bits per heavy atom.